The maximum atomic E-state index is 11.0. The van der Waals surface area contributed by atoms with Crippen molar-refractivity contribution in [2.75, 3.05) is 12.0 Å². The first-order valence-electron chi connectivity index (χ1n) is 4.00. The summed E-state index contributed by atoms with van der Waals surface area (Å²) in [6.45, 7) is -0.241. The topological polar surface area (TPSA) is 75.4 Å². The van der Waals surface area contributed by atoms with Gasteiger partial charge in [0.25, 0.3) is 5.91 Å². The fraction of sp³-hybridized carbons (Fsp3) is 0.111. The van der Waals surface area contributed by atoms with Crippen molar-refractivity contribution in [3.63, 3.8) is 0 Å². The zero-order chi connectivity index (χ0) is 10.4. The Labute approximate surface area is 81.5 Å². The van der Waals surface area contributed by atoms with Crippen LogP contribution >= 0.6 is 0 Å². The Morgan fingerprint density at radius 2 is 2.07 bits per heavy atom. The highest BCUT2D eigenvalue weighted by atomic mass is 16.2. The standard InChI is InChI=1S/C9H10N3O2/c10-6-9(14)12(7-13)11-8-4-2-1-3-5-8/h1-5,11H,6,10H2. The molecule has 0 aliphatic heterocycles. The van der Waals surface area contributed by atoms with Crippen LogP contribution in [0.15, 0.2) is 30.3 Å². The van der Waals surface area contributed by atoms with Crippen LogP contribution in [0, 0.1) is 0 Å². The van der Waals surface area contributed by atoms with Crippen LogP contribution in [-0.2, 0) is 9.59 Å². The Bertz CT molecular complexity index is 313. The number of hydrogen-bond acceptors (Lipinski definition) is 4. The van der Waals surface area contributed by atoms with Crippen LogP contribution in [0.2, 0.25) is 0 Å². The van der Waals surface area contributed by atoms with Crippen molar-refractivity contribution in [3.8, 4) is 0 Å². The lowest BCUT2D eigenvalue weighted by molar-refractivity contribution is -0.125. The lowest BCUT2D eigenvalue weighted by atomic mass is 10.3. The number of amides is 2. The van der Waals surface area contributed by atoms with Gasteiger partial charge < -0.3 is 5.73 Å². The van der Waals surface area contributed by atoms with Crippen molar-refractivity contribution in [1.29, 1.82) is 0 Å². The quantitative estimate of drug-likeness (QED) is 0.514. The van der Waals surface area contributed by atoms with Crippen molar-refractivity contribution >= 4 is 18.0 Å². The molecule has 3 N–H and O–H groups in total. The Morgan fingerprint density at radius 3 is 2.57 bits per heavy atom. The number of nitrogens with one attached hydrogen (secondary N) is 1. The van der Waals surface area contributed by atoms with E-state index >= 15 is 0 Å². The summed E-state index contributed by atoms with van der Waals surface area (Å²) in [4.78, 5) is 21.4. The molecule has 0 aliphatic rings. The molecule has 1 radical (unpaired) electrons. The van der Waals surface area contributed by atoms with Gasteiger partial charge in [0.2, 0.25) is 0 Å². The van der Waals surface area contributed by atoms with Gasteiger partial charge >= 0.3 is 6.41 Å². The minimum atomic E-state index is -0.538. The van der Waals surface area contributed by atoms with Gasteiger partial charge in [-0.05, 0) is 12.1 Å². The molecule has 0 atom stereocenters. The highest BCUT2D eigenvalue weighted by Gasteiger charge is 2.10. The van der Waals surface area contributed by atoms with Gasteiger partial charge in [-0.3, -0.25) is 15.0 Å². The summed E-state index contributed by atoms with van der Waals surface area (Å²) in [7, 11) is 0. The number of hydrazine groups is 1. The number of para-hydroxylation sites is 1. The van der Waals surface area contributed by atoms with Gasteiger partial charge in [-0.25, -0.2) is 0 Å². The van der Waals surface area contributed by atoms with Crippen molar-refractivity contribution in [2.24, 2.45) is 5.73 Å². The Hall–Kier alpha value is -1.88. The van der Waals surface area contributed by atoms with E-state index in [1.807, 2.05) is 6.07 Å². The average molecular weight is 192 g/mol. The number of carbonyl (C=O) groups excluding carboxylic acids is 2. The Morgan fingerprint density at radius 1 is 1.43 bits per heavy atom. The number of nitrogens with two attached hydrogens (primary N) is 1. The summed E-state index contributed by atoms with van der Waals surface area (Å²) < 4.78 is 0. The fourth-order valence-electron chi connectivity index (χ4n) is 0.869. The molecule has 1 aromatic rings. The second-order valence-electron chi connectivity index (χ2n) is 2.50. The zero-order valence-electron chi connectivity index (χ0n) is 7.43. The summed E-state index contributed by atoms with van der Waals surface area (Å²) >= 11 is 0. The van der Waals surface area contributed by atoms with Crippen LogP contribution in [0.4, 0.5) is 5.69 Å². The first-order chi connectivity index (χ1) is 6.77. The molecule has 5 nitrogen and oxygen atoms in total. The molecule has 0 heterocycles. The molecule has 0 spiro atoms. The normalized spacial score (nSPS) is 9.21. The van der Waals surface area contributed by atoms with Crippen LogP contribution in [0.3, 0.4) is 0 Å². The monoisotopic (exact) mass is 192 g/mol. The smallest absolute Gasteiger partial charge is 0.322 e. The second-order valence-corrected chi connectivity index (χ2v) is 2.50. The molecule has 5 heteroatoms. The highest BCUT2D eigenvalue weighted by molar-refractivity contribution is 5.89. The largest absolute Gasteiger partial charge is 0.339 e. The molecule has 0 aliphatic carbocycles. The summed E-state index contributed by atoms with van der Waals surface area (Å²) in [6, 6.07) is 8.81. The zero-order valence-corrected chi connectivity index (χ0v) is 7.43. The summed E-state index contributed by atoms with van der Waals surface area (Å²) in [6.07, 6.45) is 1.44. The van der Waals surface area contributed by atoms with E-state index in [9.17, 15) is 9.59 Å². The highest BCUT2D eigenvalue weighted by Crippen LogP contribution is 2.05. The Balaban J connectivity index is 2.66. The van der Waals surface area contributed by atoms with E-state index in [4.69, 9.17) is 5.73 Å². The molecule has 0 saturated carbocycles. The number of imide groups is 1. The van der Waals surface area contributed by atoms with Crippen molar-refractivity contribution in [3.05, 3.63) is 30.3 Å². The van der Waals surface area contributed by atoms with Crippen LogP contribution in [-0.4, -0.2) is 23.9 Å². The van der Waals surface area contributed by atoms with E-state index in [1.165, 1.54) is 6.41 Å². The average Bonchev–Trinajstić information content (AvgIpc) is 2.26. The number of hydrogen-bond donors (Lipinski definition) is 2. The third-order valence-corrected chi connectivity index (χ3v) is 1.53. The van der Waals surface area contributed by atoms with Crippen molar-refractivity contribution < 1.29 is 9.59 Å². The molecular formula is C9H10N3O2. The predicted molar refractivity (Wildman–Crippen MR) is 51.7 cm³/mol. The van der Waals surface area contributed by atoms with Crippen LogP contribution in [0.1, 0.15) is 0 Å². The van der Waals surface area contributed by atoms with Crippen LogP contribution < -0.4 is 11.2 Å². The third kappa shape index (κ3) is 2.56. The maximum Gasteiger partial charge on any atom is 0.339 e. The fourth-order valence-corrected chi connectivity index (χ4v) is 0.869. The van der Waals surface area contributed by atoms with E-state index in [0.29, 0.717) is 10.7 Å². The van der Waals surface area contributed by atoms with Crippen molar-refractivity contribution in [1.82, 2.24) is 5.01 Å². The van der Waals surface area contributed by atoms with E-state index in [-0.39, 0.29) is 6.54 Å². The minimum absolute atomic E-state index is 0.241. The SMILES string of the molecule is NCC(=O)N([C]=O)Nc1ccccc1. The first kappa shape index (κ1) is 10.2. The van der Waals surface area contributed by atoms with Crippen LogP contribution in [0.5, 0.6) is 0 Å². The van der Waals surface area contributed by atoms with Gasteiger partial charge in [-0.2, -0.15) is 5.01 Å². The van der Waals surface area contributed by atoms with Gasteiger partial charge in [0.15, 0.2) is 0 Å². The predicted octanol–water partition coefficient (Wildman–Crippen LogP) is -0.132. The first-order valence-corrected chi connectivity index (χ1v) is 4.00. The van der Waals surface area contributed by atoms with Gasteiger partial charge in [0.1, 0.15) is 0 Å². The molecule has 2 amide bonds. The lowest BCUT2D eigenvalue weighted by Gasteiger charge is -2.15. The van der Waals surface area contributed by atoms with E-state index in [0.717, 1.165) is 0 Å². The van der Waals surface area contributed by atoms with Crippen LogP contribution in [0.25, 0.3) is 0 Å². The minimum Gasteiger partial charge on any atom is -0.322 e. The molecule has 1 aromatic carbocycles. The number of anilines is 1. The summed E-state index contributed by atoms with van der Waals surface area (Å²) in [5, 5.41) is 0.690. The lowest BCUT2D eigenvalue weighted by Crippen LogP contribution is -2.39. The Kier molecular flexibility index (Phi) is 3.63. The molecule has 0 bridgehead atoms. The molecule has 0 fully saturated rings. The summed E-state index contributed by atoms with van der Waals surface area (Å²) in [5.41, 5.74) is 8.27. The van der Waals surface area contributed by atoms with E-state index in [2.05, 4.69) is 5.43 Å². The van der Waals surface area contributed by atoms with E-state index in [1.54, 1.807) is 24.3 Å². The number of rotatable bonds is 4. The molecular weight excluding hydrogens is 182 g/mol. The van der Waals surface area contributed by atoms with E-state index < -0.39 is 5.91 Å². The molecule has 0 saturated heterocycles. The number of benzene rings is 1. The molecule has 1 rings (SSSR count). The van der Waals surface area contributed by atoms with Gasteiger partial charge in [0.05, 0.1) is 12.2 Å². The van der Waals surface area contributed by atoms with Gasteiger partial charge in [-0.1, -0.05) is 18.2 Å². The number of carbonyl (C=O) groups is 1. The molecule has 14 heavy (non-hydrogen) atoms. The molecule has 0 aromatic heterocycles. The second kappa shape index (κ2) is 4.98. The van der Waals surface area contributed by atoms with Gasteiger partial charge in [-0.15, -0.1) is 0 Å². The van der Waals surface area contributed by atoms with Gasteiger partial charge in [0, 0.05) is 0 Å². The molecule has 0 unspecified atom stereocenters. The maximum absolute atomic E-state index is 11.0. The van der Waals surface area contributed by atoms with Crippen molar-refractivity contribution in [2.45, 2.75) is 0 Å². The summed E-state index contributed by atoms with van der Waals surface area (Å²) in [5.74, 6) is -0.538. The number of nitrogens with zero attached hydrogens (tertiary/aromatic N) is 1. The molecule has 73 valence electrons. The third-order valence-electron chi connectivity index (χ3n) is 1.53.